The van der Waals surface area contributed by atoms with E-state index in [2.05, 4.69) is 21.2 Å². The van der Waals surface area contributed by atoms with Crippen LogP contribution in [-0.2, 0) is 4.79 Å². The second-order valence-electron chi connectivity index (χ2n) is 6.55. The van der Waals surface area contributed by atoms with Crippen LogP contribution in [0.3, 0.4) is 0 Å². The minimum Gasteiger partial charge on any atom is -0.332 e. The highest BCUT2D eigenvalue weighted by atomic mass is 79.9. The van der Waals surface area contributed by atoms with Gasteiger partial charge in [-0.15, -0.1) is 11.3 Å². The van der Waals surface area contributed by atoms with Crippen LogP contribution in [0.5, 0.6) is 0 Å². The lowest BCUT2D eigenvalue weighted by Gasteiger charge is -2.23. The van der Waals surface area contributed by atoms with Gasteiger partial charge in [0, 0.05) is 18.6 Å². The Morgan fingerprint density at radius 3 is 2.33 bits per heavy atom. The standard InChI is InChI=1S/C22H20BrN3O3S/c1-25(14-20(27)24-17-10-5-4-9-16(17)23)21(28)15-8-3-6-11-18(15)26(2)22(29)19-12-7-13-30-19/h3-13H,14H2,1-2H3,(H,24,27). The van der Waals surface area contributed by atoms with Crippen molar-refractivity contribution in [3.05, 3.63) is 81.0 Å². The van der Waals surface area contributed by atoms with E-state index in [0.29, 0.717) is 21.8 Å². The summed E-state index contributed by atoms with van der Waals surface area (Å²) in [6, 6.07) is 17.7. The second-order valence-corrected chi connectivity index (χ2v) is 8.35. The molecule has 0 radical (unpaired) electrons. The predicted molar refractivity (Wildman–Crippen MR) is 123 cm³/mol. The molecule has 3 aromatic rings. The van der Waals surface area contributed by atoms with Crippen molar-refractivity contribution in [2.45, 2.75) is 0 Å². The maximum Gasteiger partial charge on any atom is 0.268 e. The number of carbonyl (C=O) groups excluding carboxylic acids is 3. The molecule has 2 aromatic carbocycles. The minimum atomic E-state index is -0.348. The number of anilines is 2. The van der Waals surface area contributed by atoms with E-state index in [0.717, 1.165) is 4.47 Å². The van der Waals surface area contributed by atoms with Crippen LogP contribution < -0.4 is 10.2 Å². The number of hydrogen-bond acceptors (Lipinski definition) is 4. The van der Waals surface area contributed by atoms with Crippen molar-refractivity contribution in [1.82, 2.24) is 4.90 Å². The Labute approximate surface area is 187 Å². The van der Waals surface area contributed by atoms with Gasteiger partial charge in [-0.3, -0.25) is 14.4 Å². The van der Waals surface area contributed by atoms with Crippen LogP contribution in [-0.4, -0.2) is 43.3 Å². The summed E-state index contributed by atoms with van der Waals surface area (Å²) < 4.78 is 0.756. The third-order valence-electron chi connectivity index (χ3n) is 4.41. The fourth-order valence-electron chi connectivity index (χ4n) is 2.87. The largest absolute Gasteiger partial charge is 0.332 e. The van der Waals surface area contributed by atoms with E-state index in [9.17, 15) is 14.4 Å². The molecule has 6 nitrogen and oxygen atoms in total. The van der Waals surface area contributed by atoms with Crippen LogP contribution in [0.15, 0.2) is 70.5 Å². The van der Waals surface area contributed by atoms with E-state index in [1.54, 1.807) is 56.6 Å². The van der Waals surface area contributed by atoms with Crippen molar-refractivity contribution in [2.24, 2.45) is 0 Å². The average molecular weight is 486 g/mol. The third kappa shape index (κ3) is 4.95. The van der Waals surface area contributed by atoms with E-state index >= 15 is 0 Å². The number of halogens is 1. The number of carbonyl (C=O) groups is 3. The Morgan fingerprint density at radius 2 is 1.63 bits per heavy atom. The van der Waals surface area contributed by atoms with Gasteiger partial charge in [0.2, 0.25) is 5.91 Å². The lowest BCUT2D eigenvalue weighted by molar-refractivity contribution is -0.116. The van der Waals surface area contributed by atoms with Crippen LogP contribution in [0.1, 0.15) is 20.0 Å². The molecule has 3 rings (SSSR count). The van der Waals surface area contributed by atoms with Gasteiger partial charge in [-0.05, 0) is 51.6 Å². The molecule has 0 bridgehead atoms. The molecule has 0 saturated heterocycles. The van der Waals surface area contributed by atoms with Gasteiger partial charge in [0.05, 0.1) is 28.4 Å². The molecule has 0 saturated carbocycles. The zero-order valence-corrected chi connectivity index (χ0v) is 18.9. The van der Waals surface area contributed by atoms with Crippen molar-refractivity contribution in [1.29, 1.82) is 0 Å². The third-order valence-corrected chi connectivity index (χ3v) is 5.96. The molecular formula is C22H20BrN3O3S. The second kappa shape index (κ2) is 9.69. The Morgan fingerprint density at radius 1 is 0.933 bits per heavy atom. The smallest absolute Gasteiger partial charge is 0.268 e. The summed E-state index contributed by atoms with van der Waals surface area (Å²) in [6.45, 7) is -0.128. The van der Waals surface area contributed by atoms with Crippen molar-refractivity contribution in [3.63, 3.8) is 0 Å². The number of nitrogens with one attached hydrogen (secondary N) is 1. The Balaban J connectivity index is 1.74. The molecule has 30 heavy (non-hydrogen) atoms. The number of nitrogens with zero attached hydrogens (tertiary/aromatic N) is 2. The molecule has 0 aliphatic rings. The molecule has 3 amide bonds. The Bertz CT molecular complexity index is 1070. The first-order chi connectivity index (χ1) is 14.4. The minimum absolute atomic E-state index is 0.128. The lowest BCUT2D eigenvalue weighted by Crippen LogP contribution is -2.36. The van der Waals surface area contributed by atoms with Gasteiger partial charge < -0.3 is 15.1 Å². The first-order valence-corrected chi connectivity index (χ1v) is 10.8. The maximum absolute atomic E-state index is 13.0. The quantitative estimate of drug-likeness (QED) is 0.558. The molecule has 8 heteroatoms. The van der Waals surface area contributed by atoms with E-state index in [1.807, 2.05) is 23.6 Å². The first kappa shape index (κ1) is 21.7. The summed E-state index contributed by atoms with van der Waals surface area (Å²) in [4.78, 5) is 41.5. The van der Waals surface area contributed by atoms with Crippen LogP contribution in [0.25, 0.3) is 0 Å². The molecule has 1 aromatic heterocycles. The first-order valence-electron chi connectivity index (χ1n) is 9.09. The van der Waals surface area contributed by atoms with Gasteiger partial charge in [-0.25, -0.2) is 0 Å². The highest BCUT2D eigenvalue weighted by Gasteiger charge is 2.23. The van der Waals surface area contributed by atoms with Crippen LogP contribution in [0, 0.1) is 0 Å². The summed E-state index contributed by atoms with van der Waals surface area (Å²) in [7, 11) is 3.19. The zero-order chi connectivity index (χ0) is 21.7. The van der Waals surface area contributed by atoms with Crippen molar-refractivity contribution >= 4 is 56.4 Å². The van der Waals surface area contributed by atoms with Crippen LogP contribution >= 0.6 is 27.3 Å². The van der Waals surface area contributed by atoms with Gasteiger partial charge in [0.15, 0.2) is 0 Å². The zero-order valence-electron chi connectivity index (χ0n) is 16.5. The molecule has 1 N–H and O–H groups in total. The summed E-state index contributed by atoms with van der Waals surface area (Å²) in [5, 5.41) is 4.61. The maximum atomic E-state index is 13.0. The van der Waals surface area contributed by atoms with Gasteiger partial charge >= 0.3 is 0 Å². The molecule has 0 spiro atoms. The van der Waals surface area contributed by atoms with Crippen molar-refractivity contribution in [3.8, 4) is 0 Å². The summed E-state index contributed by atoms with van der Waals surface area (Å²) in [5.41, 5.74) is 1.46. The van der Waals surface area contributed by atoms with Crippen LogP contribution in [0.4, 0.5) is 11.4 Å². The number of para-hydroxylation sites is 2. The van der Waals surface area contributed by atoms with Crippen molar-refractivity contribution < 1.29 is 14.4 Å². The van der Waals surface area contributed by atoms with Crippen molar-refractivity contribution in [2.75, 3.05) is 30.9 Å². The summed E-state index contributed by atoms with van der Waals surface area (Å²) in [5.74, 6) is -0.864. The predicted octanol–water partition coefficient (Wildman–Crippen LogP) is 4.50. The highest BCUT2D eigenvalue weighted by molar-refractivity contribution is 9.10. The Kier molecular flexibility index (Phi) is 7.02. The number of hydrogen-bond donors (Lipinski definition) is 1. The van der Waals surface area contributed by atoms with E-state index < -0.39 is 0 Å². The molecule has 154 valence electrons. The molecular weight excluding hydrogens is 466 g/mol. The Hall–Kier alpha value is -2.97. The summed E-state index contributed by atoms with van der Waals surface area (Å²) in [6.07, 6.45) is 0. The topological polar surface area (TPSA) is 69.7 Å². The lowest BCUT2D eigenvalue weighted by atomic mass is 10.1. The molecule has 0 atom stereocenters. The fourth-order valence-corrected chi connectivity index (χ4v) is 3.95. The van der Waals surface area contributed by atoms with E-state index in [1.165, 1.54) is 21.1 Å². The normalized spacial score (nSPS) is 10.4. The highest BCUT2D eigenvalue weighted by Crippen LogP contribution is 2.24. The van der Waals surface area contributed by atoms with Gasteiger partial charge in [-0.2, -0.15) is 0 Å². The fraction of sp³-hybridized carbons (Fsp3) is 0.136. The van der Waals surface area contributed by atoms with Crippen LogP contribution in [0.2, 0.25) is 0 Å². The SMILES string of the molecule is CN(CC(=O)Nc1ccccc1Br)C(=O)c1ccccc1N(C)C(=O)c1cccs1. The number of thiophene rings is 1. The summed E-state index contributed by atoms with van der Waals surface area (Å²) >= 11 is 4.72. The van der Waals surface area contributed by atoms with Gasteiger partial charge in [-0.1, -0.05) is 30.3 Å². The van der Waals surface area contributed by atoms with Gasteiger partial charge in [0.1, 0.15) is 0 Å². The van der Waals surface area contributed by atoms with E-state index in [-0.39, 0.29) is 24.3 Å². The number of rotatable bonds is 6. The molecule has 0 aliphatic carbocycles. The molecule has 1 heterocycles. The number of benzene rings is 2. The monoisotopic (exact) mass is 485 g/mol. The molecule has 0 fully saturated rings. The number of amides is 3. The van der Waals surface area contributed by atoms with Gasteiger partial charge in [0.25, 0.3) is 11.8 Å². The van der Waals surface area contributed by atoms with E-state index in [4.69, 9.17) is 0 Å². The molecule has 0 aliphatic heterocycles. The molecule has 0 unspecified atom stereocenters. The number of likely N-dealkylation sites (N-methyl/N-ethyl adjacent to an activating group) is 1. The average Bonchev–Trinajstić information content (AvgIpc) is 3.28.